The van der Waals surface area contributed by atoms with Crippen molar-refractivity contribution in [1.82, 2.24) is 5.32 Å². The van der Waals surface area contributed by atoms with Crippen LogP contribution in [0.15, 0.2) is 16.8 Å². The maximum absolute atomic E-state index is 3.68. The van der Waals surface area contributed by atoms with Crippen molar-refractivity contribution in [3.63, 3.8) is 0 Å². The molecular weight excluding hydrogens is 238 g/mol. The molecule has 2 heteroatoms. The number of hydrogen-bond donors (Lipinski definition) is 1. The Labute approximate surface area is 117 Å². The molecule has 0 aliphatic carbocycles. The minimum Gasteiger partial charge on any atom is -0.310 e. The lowest BCUT2D eigenvalue weighted by Gasteiger charge is -2.17. The average molecular weight is 267 g/mol. The smallest absolute Gasteiger partial charge is 0.0328 e. The molecule has 1 atom stereocenters. The van der Waals surface area contributed by atoms with Gasteiger partial charge in [0.2, 0.25) is 0 Å². The van der Waals surface area contributed by atoms with Gasteiger partial charge in [-0.15, -0.1) is 0 Å². The summed E-state index contributed by atoms with van der Waals surface area (Å²) in [7, 11) is 0. The number of hydrogen-bond acceptors (Lipinski definition) is 2. The molecule has 1 unspecified atom stereocenters. The van der Waals surface area contributed by atoms with E-state index in [-0.39, 0.29) is 0 Å². The number of rotatable bonds is 11. The quantitative estimate of drug-likeness (QED) is 0.519. The van der Waals surface area contributed by atoms with E-state index in [1.807, 2.05) is 11.3 Å². The van der Waals surface area contributed by atoms with Gasteiger partial charge in [0.05, 0.1) is 0 Å². The third kappa shape index (κ3) is 6.55. The number of thiophene rings is 1. The molecule has 1 heterocycles. The highest BCUT2D eigenvalue weighted by atomic mass is 32.1. The highest BCUT2D eigenvalue weighted by molar-refractivity contribution is 7.07. The molecule has 0 saturated heterocycles. The minimum atomic E-state index is 0.586. The highest BCUT2D eigenvalue weighted by Crippen LogP contribution is 2.22. The van der Waals surface area contributed by atoms with Crippen LogP contribution in [0.25, 0.3) is 0 Å². The van der Waals surface area contributed by atoms with Gasteiger partial charge in [0.25, 0.3) is 0 Å². The van der Waals surface area contributed by atoms with Crippen LogP contribution in [0.3, 0.4) is 0 Å². The first kappa shape index (κ1) is 15.7. The molecule has 1 rings (SSSR count). The molecule has 1 N–H and O–H groups in total. The van der Waals surface area contributed by atoms with Gasteiger partial charge in [0.15, 0.2) is 0 Å². The van der Waals surface area contributed by atoms with E-state index in [0.29, 0.717) is 6.04 Å². The molecule has 1 aromatic rings. The fourth-order valence-electron chi connectivity index (χ4n) is 2.31. The van der Waals surface area contributed by atoms with Gasteiger partial charge in [0, 0.05) is 6.04 Å². The lowest BCUT2D eigenvalue weighted by molar-refractivity contribution is 0.467. The molecule has 1 aromatic heterocycles. The molecule has 18 heavy (non-hydrogen) atoms. The zero-order valence-corrected chi connectivity index (χ0v) is 12.9. The third-order valence-corrected chi connectivity index (χ3v) is 4.13. The summed E-state index contributed by atoms with van der Waals surface area (Å²) in [6, 6.07) is 2.86. The number of nitrogens with one attached hydrogen (secondary N) is 1. The van der Waals surface area contributed by atoms with Gasteiger partial charge in [-0.05, 0) is 41.8 Å². The largest absolute Gasteiger partial charge is 0.310 e. The Morgan fingerprint density at radius 3 is 2.50 bits per heavy atom. The topological polar surface area (TPSA) is 12.0 Å². The minimum absolute atomic E-state index is 0.586. The Balaban J connectivity index is 2.20. The summed E-state index contributed by atoms with van der Waals surface area (Å²) >= 11 is 1.81. The van der Waals surface area contributed by atoms with Gasteiger partial charge in [-0.25, -0.2) is 0 Å². The van der Waals surface area contributed by atoms with Crippen molar-refractivity contribution in [3.8, 4) is 0 Å². The Morgan fingerprint density at radius 2 is 1.83 bits per heavy atom. The van der Waals surface area contributed by atoms with Gasteiger partial charge in [-0.1, -0.05) is 52.4 Å². The summed E-state index contributed by atoms with van der Waals surface area (Å²) < 4.78 is 0. The van der Waals surface area contributed by atoms with Crippen LogP contribution in [-0.4, -0.2) is 6.54 Å². The van der Waals surface area contributed by atoms with Gasteiger partial charge in [-0.3, -0.25) is 0 Å². The molecule has 0 bridgehead atoms. The zero-order valence-electron chi connectivity index (χ0n) is 12.1. The zero-order chi connectivity index (χ0) is 13.1. The van der Waals surface area contributed by atoms with Crippen LogP contribution in [0.2, 0.25) is 0 Å². The van der Waals surface area contributed by atoms with E-state index in [1.165, 1.54) is 56.9 Å². The molecule has 0 amide bonds. The summed E-state index contributed by atoms with van der Waals surface area (Å²) in [5.74, 6) is 0. The van der Waals surface area contributed by atoms with Crippen LogP contribution in [0, 0.1) is 0 Å². The molecule has 0 fully saturated rings. The van der Waals surface area contributed by atoms with E-state index >= 15 is 0 Å². The van der Waals surface area contributed by atoms with Crippen LogP contribution in [0.5, 0.6) is 0 Å². The van der Waals surface area contributed by atoms with E-state index in [1.54, 1.807) is 0 Å². The van der Waals surface area contributed by atoms with E-state index in [2.05, 4.69) is 36.0 Å². The predicted molar refractivity (Wildman–Crippen MR) is 83.3 cm³/mol. The van der Waals surface area contributed by atoms with Crippen LogP contribution < -0.4 is 5.32 Å². The summed E-state index contributed by atoms with van der Waals surface area (Å²) in [6.45, 7) is 5.65. The van der Waals surface area contributed by atoms with Crippen molar-refractivity contribution in [1.29, 1.82) is 0 Å². The van der Waals surface area contributed by atoms with Crippen molar-refractivity contribution in [2.75, 3.05) is 6.54 Å². The van der Waals surface area contributed by atoms with Crippen molar-refractivity contribution >= 4 is 11.3 Å². The maximum Gasteiger partial charge on any atom is 0.0328 e. The molecule has 0 aliphatic heterocycles. The van der Waals surface area contributed by atoms with Crippen LogP contribution >= 0.6 is 11.3 Å². The van der Waals surface area contributed by atoms with Gasteiger partial charge in [-0.2, -0.15) is 11.3 Å². The first-order valence-corrected chi connectivity index (χ1v) is 8.58. The molecular formula is C16H29NS. The second-order valence-corrected chi connectivity index (χ2v) is 5.90. The number of unbranched alkanes of at least 4 members (excludes halogenated alkanes) is 5. The molecule has 104 valence electrons. The van der Waals surface area contributed by atoms with Crippen molar-refractivity contribution in [2.24, 2.45) is 0 Å². The molecule has 0 spiro atoms. The maximum atomic E-state index is 3.68. The fourth-order valence-corrected chi connectivity index (χ4v) is 3.02. The second-order valence-electron chi connectivity index (χ2n) is 5.12. The average Bonchev–Trinajstić information content (AvgIpc) is 2.91. The van der Waals surface area contributed by atoms with Crippen molar-refractivity contribution in [2.45, 2.75) is 71.3 Å². The van der Waals surface area contributed by atoms with E-state index in [9.17, 15) is 0 Å². The SMILES string of the molecule is CCCCCCCCC(NCCC)c1ccsc1. The fraction of sp³-hybridized carbons (Fsp3) is 0.750. The van der Waals surface area contributed by atoms with Gasteiger partial charge >= 0.3 is 0 Å². The highest BCUT2D eigenvalue weighted by Gasteiger charge is 2.10. The Kier molecular flexibility index (Phi) is 9.23. The molecule has 0 aliphatic rings. The second kappa shape index (κ2) is 10.6. The van der Waals surface area contributed by atoms with E-state index < -0.39 is 0 Å². The van der Waals surface area contributed by atoms with Crippen LogP contribution in [-0.2, 0) is 0 Å². The standard InChI is InChI=1S/C16H29NS/c1-3-5-6-7-8-9-10-16(17-12-4-2)15-11-13-18-14-15/h11,13-14,16-17H,3-10,12H2,1-2H3. The van der Waals surface area contributed by atoms with Crippen molar-refractivity contribution < 1.29 is 0 Å². The van der Waals surface area contributed by atoms with E-state index in [4.69, 9.17) is 0 Å². The lowest BCUT2D eigenvalue weighted by Crippen LogP contribution is -2.21. The first-order valence-electron chi connectivity index (χ1n) is 7.64. The third-order valence-electron chi connectivity index (χ3n) is 3.43. The lowest BCUT2D eigenvalue weighted by atomic mass is 10.0. The predicted octanol–water partition coefficient (Wildman–Crippen LogP) is 5.54. The van der Waals surface area contributed by atoms with Crippen LogP contribution in [0.1, 0.15) is 76.8 Å². The molecule has 0 aromatic carbocycles. The Bertz CT molecular complexity index is 269. The van der Waals surface area contributed by atoms with Crippen molar-refractivity contribution in [3.05, 3.63) is 22.4 Å². The normalized spacial score (nSPS) is 12.8. The summed E-state index contributed by atoms with van der Waals surface area (Å²) in [6.07, 6.45) is 10.9. The summed E-state index contributed by atoms with van der Waals surface area (Å²) in [5.41, 5.74) is 1.49. The van der Waals surface area contributed by atoms with Gasteiger partial charge in [0.1, 0.15) is 0 Å². The Hall–Kier alpha value is -0.340. The molecule has 0 saturated carbocycles. The van der Waals surface area contributed by atoms with Gasteiger partial charge < -0.3 is 5.32 Å². The monoisotopic (exact) mass is 267 g/mol. The van der Waals surface area contributed by atoms with Crippen LogP contribution in [0.4, 0.5) is 0 Å². The summed E-state index contributed by atoms with van der Waals surface area (Å²) in [5, 5.41) is 8.17. The molecule has 0 radical (unpaired) electrons. The summed E-state index contributed by atoms with van der Waals surface area (Å²) in [4.78, 5) is 0. The Morgan fingerprint density at radius 1 is 1.06 bits per heavy atom. The molecule has 1 nitrogen and oxygen atoms in total. The van der Waals surface area contributed by atoms with E-state index in [0.717, 1.165) is 6.54 Å². The first-order chi connectivity index (χ1) is 8.88.